The lowest BCUT2D eigenvalue weighted by Crippen LogP contribution is -2.39. The van der Waals surface area contributed by atoms with E-state index in [0.717, 1.165) is 18.0 Å². The molecule has 2 aliphatic carbocycles. The van der Waals surface area contributed by atoms with Gasteiger partial charge in [0.1, 0.15) is 0 Å². The third-order valence-electron chi connectivity index (χ3n) is 3.50. The fourth-order valence-corrected chi connectivity index (χ4v) is 2.51. The summed E-state index contributed by atoms with van der Waals surface area (Å²) in [5, 5.41) is 3.78. The fourth-order valence-electron chi connectivity index (χ4n) is 2.51. The van der Waals surface area contributed by atoms with Crippen LogP contribution in [0.25, 0.3) is 0 Å². The first-order valence-electron chi connectivity index (χ1n) is 5.75. The van der Waals surface area contributed by atoms with E-state index in [9.17, 15) is 0 Å². The molecule has 1 nitrogen and oxygen atoms in total. The monoisotopic (exact) mass is 179 g/mol. The Morgan fingerprint density at radius 2 is 1.54 bits per heavy atom. The van der Waals surface area contributed by atoms with Crippen molar-refractivity contribution in [1.29, 1.82) is 0 Å². The van der Waals surface area contributed by atoms with E-state index < -0.39 is 0 Å². The molecule has 1 saturated carbocycles. The molecule has 0 amide bonds. The summed E-state index contributed by atoms with van der Waals surface area (Å²) >= 11 is 0. The Balaban J connectivity index is 1.70. The average Bonchev–Trinajstić information content (AvgIpc) is 2.62. The van der Waals surface area contributed by atoms with Gasteiger partial charge in [0, 0.05) is 12.1 Å². The van der Waals surface area contributed by atoms with Crippen LogP contribution in [-0.4, -0.2) is 12.1 Å². The summed E-state index contributed by atoms with van der Waals surface area (Å²) in [5.41, 5.74) is 0. The molecule has 0 aliphatic heterocycles. The largest absolute Gasteiger partial charge is 0.311 e. The predicted octanol–water partition coefficient (Wildman–Crippen LogP) is 2.87. The van der Waals surface area contributed by atoms with E-state index in [1.807, 2.05) is 0 Å². The smallest absolute Gasteiger partial charge is 0.0139 e. The van der Waals surface area contributed by atoms with Crippen LogP contribution in [0.1, 0.15) is 45.4 Å². The molecule has 0 atom stereocenters. The van der Waals surface area contributed by atoms with Crippen LogP contribution in [0.15, 0.2) is 12.2 Å². The molecule has 0 spiro atoms. The molecule has 0 aromatic rings. The molecule has 0 saturated heterocycles. The number of hydrogen-bond acceptors (Lipinski definition) is 1. The minimum atomic E-state index is 0.762. The summed E-state index contributed by atoms with van der Waals surface area (Å²) in [4.78, 5) is 0. The Morgan fingerprint density at radius 1 is 0.923 bits per heavy atom. The molecule has 1 fully saturated rings. The Labute approximate surface area is 81.6 Å². The minimum absolute atomic E-state index is 0.762. The average molecular weight is 179 g/mol. The van der Waals surface area contributed by atoms with Crippen LogP contribution >= 0.6 is 0 Å². The number of rotatable bonds is 2. The summed E-state index contributed by atoms with van der Waals surface area (Å²) in [5.74, 6) is 0.972. The van der Waals surface area contributed by atoms with E-state index in [4.69, 9.17) is 0 Å². The predicted molar refractivity (Wildman–Crippen MR) is 56.7 cm³/mol. The lowest BCUT2D eigenvalue weighted by atomic mass is 9.87. The maximum atomic E-state index is 3.78. The molecule has 2 rings (SSSR count). The molecule has 2 aliphatic rings. The van der Waals surface area contributed by atoms with Gasteiger partial charge in [-0.15, -0.1) is 0 Å². The third-order valence-corrected chi connectivity index (χ3v) is 3.50. The topological polar surface area (TPSA) is 12.0 Å². The van der Waals surface area contributed by atoms with Crippen LogP contribution in [0.3, 0.4) is 0 Å². The highest BCUT2D eigenvalue weighted by atomic mass is 14.9. The summed E-state index contributed by atoms with van der Waals surface area (Å²) in [6.07, 6.45) is 12.8. The van der Waals surface area contributed by atoms with Gasteiger partial charge in [0.2, 0.25) is 0 Å². The Kier molecular flexibility index (Phi) is 3.05. The van der Waals surface area contributed by atoms with Gasteiger partial charge in [-0.05, 0) is 44.4 Å². The van der Waals surface area contributed by atoms with Crippen LogP contribution in [0.2, 0.25) is 0 Å². The molecule has 0 radical (unpaired) electrons. The number of nitrogens with one attached hydrogen (secondary N) is 1. The van der Waals surface area contributed by atoms with Crippen LogP contribution in [0, 0.1) is 5.92 Å². The highest BCUT2D eigenvalue weighted by Crippen LogP contribution is 2.24. The lowest BCUT2D eigenvalue weighted by molar-refractivity contribution is 0.288. The van der Waals surface area contributed by atoms with Crippen molar-refractivity contribution in [2.75, 3.05) is 0 Å². The molecular formula is C12H21N. The van der Waals surface area contributed by atoms with Gasteiger partial charge in [0.15, 0.2) is 0 Å². The molecule has 1 heteroatoms. The first kappa shape index (κ1) is 9.26. The van der Waals surface area contributed by atoms with E-state index in [1.165, 1.54) is 38.5 Å². The van der Waals surface area contributed by atoms with E-state index in [1.54, 1.807) is 0 Å². The van der Waals surface area contributed by atoms with Crippen LogP contribution in [0.4, 0.5) is 0 Å². The molecule has 1 N–H and O–H groups in total. The molecule has 0 aromatic heterocycles. The van der Waals surface area contributed by atoms with E-state index in [-0.39, 0.29) is 0 Å². The molecule has 0 aromatic carbocycles. The van der Waals surface area contributed by atoms with Crippen molar-refractivity contribution in [1.82, 2.24) is 5.32 Å². The van der Waals surface area contributed by atoms with Crippen LogP contribution < -0.4 is 5.32 Å². The zero-order valence-electron chi connectivity index (χ0n) is 8.63. The van der Waals surface area contributed by atoms with Gasteiger partial charge >= 0.3 is 0 Å². The summed E-state index contributed by atoms with van der Waals surface area (Å²) in [7, 11) is 0. The van der Waals surface area contributed by atoms with Crippen molar-refractivity contribution < 1.29 is 0 Å². The standard InChI is InChI=1S/C12H21N/c1-10-6-8-12(9-7-10)13-11-4-2-3-5-11/h2-3,10-13H,4-9H2,1H3. The lowest BCUT2D eigenvalue weighted by Gasteiger charge is -2.29. The van der Waals surface area contributed by atoms with Gasteiger partial charge < -0.3 is 5.32 Å². The van der Waals surface area contributed by atoms with Crippen LogP contribution in [-0.2, 0) is 0 Å². The zero-order valence-corrected chi connectivity index (χ0v) is 8.63. The van der Waals surface area contributed by atoms with Gasteiger partial charge in [-0.2, -0.15) is 0 Å². The van der Waals surface area contributed by atoms with E-state index >= 15 is 0 Å². The van der Waals surface area contributed by atoms with Gasteiger partial charge in [0.25, 0.3) is 0 Å². The first-order valence-corrected chi connectivity index (χ1v) is 5.75. The molecule has 0 heterocycles. The maximum absolute atomic E-state index is 3.78. The van der Waals surface area contributed by atoms with Gasteiger partial charge in [0.05, 0.1) is 0 Å². The highest BCUT2D eigenvalue weighted by Gasteiger charge is 2.20. The molecule has 13 heavy (non-hydrogen) atoms. The van der Waals surface area contributed by atoms with Crippen molar-refractivity contribution in [2.45, 2.75) is 57.5 Å². The maximum Gasteiger partial charge on any atom is 0.0139 e. The van der Waals surface area contributed by atoms with Crippen molar-refractivity contribution in [3.8, 4) is 0 Å². The second kappa shape index (κ2) is 4.28. The Morgan fingerprint density at radius 3 is 2.15 bits per heavy atom. The SMILES string of the molecule is CC1CCC(NC2CC=CC2)CC1. The van der Waals surface area contributed by atoms with Gasteiger partial charge in [-0.1, -0.05) is 19.1 Å². The molecule has 74 valence electrons. The normalized spacial score (nSPS) is 35.5. The second-order valence-corrected chi connectivity index (χ2v) is 4.76. The minimum Gasteiger partial charge on any atom is -0.311 e. The highest BCUT2D eigenvalue weighted by molar-refractivity contribution is 4.98. The summed E-state index contributed by atoms with van der Waals surface area (Å²) < 4.78 is 0. The fraction of sp³-hybridized carbons (Fsp3) is 0.833. The van der Waals surface area contributed by atoms with Gasteiger partial charge in [-0.3, -0.25) is 0 Å². The quantitative estimate of drug-likeness (QED) is 0.643. The van der Waals surface area contributed by atoms with Crippen molar-refractivity contribution >= 4 is 0 Å². The summed E-state index contributed by atoms with van der Waals surface area (Å²) in [6.45, 7) is 2.38. The summed E-state index contributed by atoms with van der Waals surface area (Å²) in [6, 6.07) is 1.58. The molecular weight excluding hydrogens is 158 g/mol. The first-order chi connectivity index (χ1) is 6.34. The third kappa shape index (κ3) is 2.57. The second-order valence-electron chi connectivity index (χ2n) is 4.76. The van der Waals surface area contributed by atoms with E-state index in [0.29, 0.717) is 0 Å². The number of hydrogen-bond donors (Lipinski definition) is 1. The van der Waals surface area contributed by atoms with Crippen molar-refractivity contribution in [2.24, 2.45) is 5.92 Å². The van der Waals surface area contributed by atoms with Crippen LogP contribution in [0.5, 0.6) is 0 Å². The van der Waals surface area contributed by atoms with Crippen molar-refractivity contribution in [3.05, 3.63) is 12.2 Å². The molecule has 0 bridgehead atoms. The van der Waals surface area contributed by atoms with E-state index in [2.05, 4.69) is 24.4 Å². The Bertz CT molecular complexity index is 170. The van der Waals surface area contributed by atoms with Gasteiger partial charge in [-0.25, -0.2) is 0 Å². The zero-order chi connectivity index (χ0) is 9.10. The van der Waals surface area contributed by atoms with Crippen molar-refractivity contribution in [3.63, 3.8) is 0 Å². The Hall–Kier alpha value is -0.300. The molecule has 0 unspecified atom stereocenters.